The number of halogens is 4. The van der Waals surface area contributed by atoms with Crippen LogP contribution in [0.4, 0.5) is 13.2 Å². The standard InChI is InChI=1S/C12H13BrF3NO/c1-8-6-9(2-3-10(8)14)12(18)17(5-4-13)7-11(15)16/h2-3,6,11H,4-5,7H2,1H3. The number of alkyl halides is 3. The van der Waals surface area contributed by atoms with E-state index in [4.69, 9.17) is 0 Å². The lowest BCUT2D eigenvalue weighted by atomic mass is 10.1. The summed E-state index contributed by atoms with van der Waals surface area (Å²) in [6, 6.07) is 3.83. The number of benzene rings is 1. The van der Waals surface area contributed by atoms with Crippen molar-refractivity contribution in [2.45, 2.75) is 13.3 Å². The Hall–Kier alpha value is -1.04. The lowest BCUT2D eigenvalue weighted by molar-refractivity contribution is 0.0572. The molecule has 100 valence electrons. The summed E-state index contributed by atoms with van der Waals surface area (Å²) in [5.74, 6) is -0.940. The van der Waals surface area contributed by atoms with Crippen molar-refractivity contribution in [3.63, 3.8) is 0 Å². The lowest BCUT2D eigenvalue weighted by Gasteiger charge is -2.21. The molecule has 1 rings (SSSR count). The van der Waals surface area contributed by atoms with E-state index < -0.39 is 24.7 Å². The number of carbonyl (C=O) groups is 1. The molecule has 0 aliphatic carbocycles. The first-order valence-corrected chi connectivity index (χ1v) is 6.47. The first-order valence-electron chi connectivity index (χ1n) is 5.35. The zero-order valence-electron chi connectivity index (χ0n) is 9.80. The van der Waals surface area contributed by atoms with Gasteiger partial charge in [-0.2, -0.15) is 0 Å². The average molecular weight is 324 g/mol. The van der Waals surface area contributed by atoms with Crippen LogP contribution in [0.2, 0.25) is 0 Å². The Morgan fingerprint density at radius 1 is 1.44 bits per heavy atom. The second kappa shape index (κ2) is 6.78. The van der Waals surface area contributed by atoms with Gasteiger partial charge in [0.05, 0.1) is 6.54 Å². The van der Waals surface area contributed by atoms with Gasteiger partial charge in [-0.15, -0.1) is 0 Å². The average Bonchev–Trinajstić information content (AvgIpc) is 2.31. The first-order chi connectivity index (χ1) is 8.45. The van der Waals surface area contributed by atoms with Crippen molar-refractivity contribution in [3.05, 3.63) is 35.1 Å². The summed E-state index contributed by atoms with van der Waals surface area (Å²) in [6.45, 7) is 1.08. The molecule has 0 aromatic heterocycles. The van der Waals surface area contributed by atoms with Crippen LogP contribution in [-0.2, 0) is 0 Å². The van der Waals surface area contributed by atoms with Crippen molar-refractivity contribution in [1.29, 1.82) is 0 Å². The highest BCUT2D eigenvalue weighted by Gasteiger charge is 2.19. The minimum absolute atomic E-state index is 0.180. The summed E-state index contributed by atoms with van der Waals surface area (Å²) in [6.07, 6.45) is -2.59. The van der Waals surface area contributed by atoms with E-state index in [9.17, 15) is 18.0 Å². The molecule has 0 aliphatic heterocycles. The fraction of sp³-hybridized carbons (Fsp3) is 0.417. The summed E-state index contributed by atoms with van der Waals surface area (Å²) in [7, 11) is 0. The van der Waals surface area contributed by atoms with Crippen molar-refractivity contribution >= 4 is 21.8 Å². The molecule has 0 aliphatic rings. The fourth-order valence-corrected chi connectivity index (χ4v) is 1.93. The summed E-state index contributed by atoms with van der Waals surface area (Å²) in [4.78, 5) is 13.0. The quantitative estimate of drug-likeness (QED) is 0.762. The Balaban J connectivity index is 2.90. The number of hydrogen-bond donors (Lipinski definition) is 0. The molecular weight excluding hydrogens is 311 g/mol. The molecule has 1 aromatic rings. The maximum atomic E-state index is 13.1. The predicted octanol–water partition coefficient (Wildman–Crippen LogP) is 3.24. The predicted molar refractivity (Wildman–Crippen MR) is 66.8 cm³/mol. The van der Waals surface area contributed by atoms with Crippen LogP contribution in [0.1, 0.15) is 15.9 Å². The summed E-state index contributed by atoms with van der Waals surface area (Å²) in [5, 5.41) is 0.408. The Bertz CT molecular complexity index is 426. The number of carbonyl (C=O) groups excluding carboxylic acids is 1. The highest BCUT2D eigenvalue weighted by atomic mass is 79.9. The van der Waals surface area contributed by atoms with E-state index in [1.165, 1.54) is 19.1 Å². The molecule has 1 aromatic carbocycles. The van der Waals surface area contributed by atoms with Gasteiger partial charge in [0, 0.05) is 17.4 Å². The van der Waals surface area contributed by atoms with Gasteiger partial charge in [0.15, 0.2) is 0 Å². The van der Waals surface area contributed by atoms with Gasteiger partial charge in [-0.05, 0) is 30.7 Å². The highest BCUT2D eigenvalue weighted by Crippen LogP contribution is 2.13. The number of amides is 1. The van der Waals surface area contributed by atoms with Crippen molar-refractivity contribution in [2.24, 2.45) is 0 Å². The van der Waals surface area contributed by atoms with Crippen LogP contribution < -0.4 is 0 Å². The van der Waals surface area contributed by atoms with Crippen LogP contribution in [0.3, 0.4) is 0 Å². The fourth-order valence-electron chi connectivity index (χ4n) is 1.50. The van der Waals surface area contributed by atoms with Crippen molar-refractivity contribution in [2.75, 3.05) is 18.4 Å². The molecule has 2 nitrogen and oxygen atoms in total. The van der Waals surface area contributed by atoms with Crippen LogP contribution >= 0.6 is 15.9 Å². The zero-order chi connectivity index (χ0) is 13.7. The second-order valence-corrected chi connectivity index (χ2v) is 4.59. The molecule has 0 spiro atoms. The van der Waals surface area contributed by atoms with Gasteiger partial charge in [0.2, 0.25) is 0 Å². The van der Waals surface area contributed by atoms with Gasteiger partial charge in [-0.1, -0.05) is 15.9 Å². The maximum Gasteiger partial charge on any atom is 0.255 e. The van der Waals surface area contributed by atoms with E-state index in [0.29, 0.717) is 10.9 Å². The van der Waals surface area contributed by atoms with E-state index in [0.717, 1.165) is 11.0 Å². The monoisotopic (exact) mass is 323 g/mol. The molecule has 0 saturated heterocycles. The topological polar surface area (TPSA) is 20.3 Å². The Morgan fingerprint density at radius 2 is 2.11 bits per heavy atom. The van der Waals surface area contributed by atoms with Crippen molar-refractivity contribution in [1.82, 2.24) is 4.90 Å². The molecule has 1 amide bonds. The first kappa shape index (κ1) is 15.0. The van der Waals surface area contributed by atoms with Crippen LogP contribution in [-0.4, -0.2) is 35.7 Å². The van der Waals surface area contributed by atoms with E-state index in [1.54, 1.807) is 0 Å². The van der Waals surface area contributed by atoms with E-state index in [2.05, 4.69) is 15.9 Å². The lowest BCUT2D eigenvalue weighted by Crippen LogP contribution is -2.36. The summed E-state index contributed by atoms with van der Waals surface area (Å²) < 4.78 is 37.8. The van der Waals surface area contributed by atoms with Gasteiger partial charge in [0.1, 0.15) is 5.82 Å². The molecule has 0 radical (unpaired) electrons. The Morgan fingerprint density at radius 3 is 2.61 bits per heavy atom. The molecule has 0 N–H and O–H groups in total. The van der Waals surface area contributed by atoms with Crippen LogP contribution in [0.15, 0.2) is 18.2 Å². The smallest absolute Gasteiger partial charge is 0.255 e. The van der Waals surface area contributed by atoms with Crippen LogP contribution in [0.25, 0.3) is 0 Å². The minimum atomic E-state index is -2.59. The number of rotatable bonds is 5. The van der Waals surface area contributed by atoms with Crippen LogP contribution in [0, 0.1) is 12.7 Å². The van der Waals surface area contributed by atoms with Gasteiger partial charge < -0.3 is 4.90 Å². The number of aryl methyl sites for hydroxylation is 1. The summed E-state index contributed by atoms with van der Waals surface area (Å²) >= 11 is 3.11. The molecule has 0 heterocycles. The molecule has 0 fully saturated rings. The zero-order valence-corrected chi connectivity index (χ0v) is 11.4. The molecule has 0 atom stereocenters. The van der Waals surface area contributed by atoms with Gasteiger partial charge in [-0.3, -0.25) is 4.79 Å². The molecule has 18 heavy (non-hydrogen) atoms. The molecule has 6 heteroatoms. The van der Waals surface area contributed by atoms with Gasteiger partial charge >= 0.3 is 0 Å². The number of nitrogens with zero attached hydrogens (tertiary/aromatic N) is 1. The number of hydrogen-bond acceptors (Lipinski definition) is 1. The Kier molecular flexibility index (Phi) is 5.65. The van der Waals surface area contributed by atoms with Gasteiger partial charge in [0.25, 0.3) is 12.3 Å². The molecule has 0 unspecified atom stereocenters. The SMILES string of the molecule is Cc1cc(C(=O)N(CCBr)CC(F)F)ccc1F. The molecular formula is C12H13BrF3NO. The van der Waals surface area contributed by atoms with Crippen LogP contribution in [0.5, 0.6) is 0 Å². The van der Waals surface area contributed by atoms with E-state index >= 15 is 0 Å². The van der Waals surface area contributed by atoms with E-state index in [1.807, 2.05) is 0 Å². The third-order valence-corrected chi connectivity index (χ3v) is 2.76. The van der Waals surface area contributed by atoms with E-state index in [-0.39, 0.29) is 12.1 Å². The van der Waals surface area contributed by atoms with Crippen molar-refractivity contribution < 1.29 is 18.0 Å². The minimum Gasteiger partial charge on any atom is -0.332 e. The summed E-state index contributed by atoms with van der Waals surface area (Å²) in [5.41, 5.74) is 0.534. The third kappa shape index (κ3) is 4.01. The third-order valence-electron chi connectivity index (χ3n) is 2.40. The van der Waals surface area contributed by atoms with Crippen molar-refractivity contribution in [3.8, 4) is 0 Å². The molecule has 0 saturated carbocycles. The normalized spacial score (nSPS) is 10.8. The van der Waals surface area contributed by atoms with Gasteiger partial charge in [-0.25, -0.2) is 13.2 Å². The highest BCUT2D eigenvalue weighted by molar-refractivity contribution is 9.09. The second-order valence-electron chi connectivity index (χ2n) is 3.80. The molecule has 0 bridgehead atoms. The maximum absolute atomic E-state index is 13.1. The largest absolute Gasteiger partial charge is 0.332 e. The Labute approximate surface area is 112 Å².